The number of hydrogen-bond donors (Lipinski definition) is 3. The van der Waals surface area contributed by atoms with Gasteiger partial charge in [0.05, 0.1) is 0 Å². The molecule has 0 saturated heterocycles. The predicted molar refractivity (Wildman–Crippen MR) is 46.4 cm³/mol. The van der Waals surface area contributed by atoms with Crippen molar-refractivity contribution in [2.75, 3.05) is 0 Å². The molecule has 1 aromatic rings. The molecule has 5 heteroatoms. The second-order valence-corrected chi connectivity index (χ2v) is 2.42. The van der Waals surface area contributed by atoms with Crippen molar-refractivity contribution in [2.45, 2.75) is 0 Å². The maximum absolute atomic E-state index is 10.1. The van der Waals surface area contributed by atoms with Crippen LogP contribution in [-0.4, -0.2) is 21.3 Å². The van der Waals surface area contributed by atoms with Gasteiger partial charge in [-0.1, -0.05) is 6.07 Å². The summed E-state index contributed by atoms with van der Waals surface area (Å²) >= 11 is 0. The summed E-state index contributed by atoms with van der Waals surface area (Å²) in [7, 11) is 0. The van der Waals surface area contributed by atoms with Crippen LogP contribution < -0.4 is 0 Å². The first-order valence-electron chi connectivity index (χ1n) is 3.52. The van der Waals surface area contributed by atoms with E-state index < -0.39 is 5.97 Å². The van der Waals surface area contributed by atoms with E-state index in [9.17, 15) is 4.79 Å². The van der Waals surface area contributed by atoms with Crippen molar-refractivity contribution in [3.05, 3.63) is 29.8 Å². The van der Waals surface area contributed by atoms with E-state index in [-0.39, 0.29) is 28.3 Å². The van der Waals surface area contributed by atoms with Crippen LogP contribution in [0.1, 0.15) is 5.56 Å². The van der Waals surface area contributed by atoms with Gasteiger partial charge in [0.2, 0.25) is 0 Å². The average Bonchev–Trinajstić information content (AvgIpc) is 2.07. The molecule has 1 rings (SSSR count). The van der Waals surface area contributed by atoms with Crippen LogP contribution >= 0.6 is 0 Å². The van der Waals surface area contributed by atoms with Gasteiger partial charge in [0.15, 0.2) is 11.5 Å². The Morgan fingerprint density at radius 3 is 2.36 bits per heavy atom. The zero-order valence-electron chi connectivity index (χ0n) is 6.97. The number of aromatic hydroxyl groups is 2. The molecule has 0 unspecified atom stereocenters. The smallest absolute Gasteiger partial charge is 0.328 e. The first kappa shape index (κ1) is 12.5. The number of rotatable bonds is 2. The van der Waals surface area contributed by atoms with E-state index in [4.69, 9.17) is 15.3 Å². The summed E-state index contributed by atoms with van der Waals surface area (Å²) in [6.45, 7) is 0. The topological polar surface area (TPSA) is 77.8 Å². The molecule has 0 spiro atoms. The molecule has 0 fully saturated rings. The van der Waals surface area contributed by atoms with E-state index in [2.05, 4.69) is 0 Å². The van der Waals surface area contributed by atoms with E-state index >= 15 is 0 Å². The summed E-state index contributed by atoms with van der Waals surface area (Å²) in [4.78, 5) is 10.1. The van der Waals surface area contributed by atoms with Crippen LogP contribution in [-0.2, 0) is 21.6 Å². The predicted octanol–water partition coefficient (Wildman–Crippen LogP) is 1.19. The van der Waals surface area contributed by atoms with Crippen LogP contribution in [0.3, 0.4) is 0 Å². The molecule has 3 N–H and O–H groups in total. The monoisotopic (exact) mass is 239 g/mol. The number of phenolic OH excluding ortho intramolecular Hbond substituents is 2. The van der Waals surface area contributed by atoms with Crippen molar-refractivity contribution in [3.8, 4) is 11.5 Å². The van der Waals surface area contributed by atoms with Gasteiger partial charge in [-0.2, -0.15) is 0 Å². The first-order chi connectivity index (χ1) is 6.09. The van der Waals surface area contributed by atoms with Gasteiger partial charge < -0.3 is 15.3 Å². The van der Waals surface area contributed by atoms with Gasteiger partial charge in [-0.3, -0.25) is 0 Å². The van der Waals surface area contributed by atoms with Crippen molar-refractivity contribution in [1.82, 2.24) is 0 Å². The molecule has 14 heavy (non-hydrogen) atoms. The van der Waals surface area contributed by atoms with Crippen LogP contribution in [0.25, 0.3) is 6.08 Å². The minimum Gasteiger partial charge on any atom is -0.504 e. The Kier molecular flexibility index (Phi) is 4.75. The van der Waals surface area contributed by atoms with Gasteiger partial charge in [-0.05, 0) is 23.8 Å². The van der Waals surface area contributed by atoms with Crippen molar-refractivity contribution in [3.63, 3.8) is 0 Å². The van der Waals surface area contributed by atoms with Gasteiger partial charge in [-0.25, -0.2) is 4.79 Å². The van der Waals surface area contributed by atoms with Crippen molar-refractivity contribution >= 4 is 12.0 Å². The number of benzene rings is 1. The Bertz CT molecular complexity index is 360. The Balaban J connectivity index is 0.00000169. The summed E-state index contributed by atoms with van der Waals surface area (Å²) in [6, 6.07) is 4.06. The molecule has 0 atom stereocenters. The molecule has 1 aromatic carbocycles. The molecule has 0 aliphatic carbocycles. The molecule has 77 valence electrons. The van der Waals surface area contributed by atoms with Gasteiger partial charge >= 0.3 is 5.97 Å². The van der Waals surface area contributed by atoms with Crippen LogP contribution in [0.2, 0.25) is 0 Å². The molecular weight excluding hydrogens is 231 g/mol. The summed E-state index contributed by atoms with van der Waals surface area (Å²) < 4.78 is 0. The molecule has 0 bridgehead atoms. The zero-order chi connectivity index (χ0) is 9.84. The molecule has 0 aromatic heterocycles. The molecule has 1 radical (unpaired) electrons. The Morgan fingerprint density at radius 1 is 1.21 bits per heavy atom. The fraction of sp³-hybridized carbons (Fsp3) is 0. The van der Waals surface area contributed by atoms with Crippen LogP contribution in [0.15, 0.2) is 24.3 Å². The largest absolute Gasteiger partial charge is 0.504 e. The maximum atomic E-state index is 10.1. The number of aliphatic carboxylic acids is 1. The van der Waals surface area contributed by atoms with E-state index in [1.165, 1.54) is 24.3 Å². The van der Waals surface area contributed by atoms with Crippen molar-refractivity contribution in [1.29, 1.82) is 0 Å². The normalized spacial score (nSPS) is 9.71. The van der Waals surface area contributed by atoms with Crippen LogP contribution in [0, 0.1) is 0 Å². The van der Waals surface area contributed by atoms with E-state index in [1.54, 1.807) is 0 Å². The second-order valence-electron chi connectivity index (χ2n) is 2.42. The third-order valence-electron chi connectivity index (χ3n) is 1.42. The van der Waals surface area contributed by atoms with Gasteiger partial charge in [0, 0.05) is 22.9 Å². The first-order valence-corrected chi connectivity index (χ1v) is 3.52. The molecule has 4 nitrogen and oxygen atoms in total. The number of hydrogen-bond acceptors (Lipinski definition) is 3. The minimum absolute atomic E-state index is 0. The molecule has 0 saturated carbocycles. The van der Waals surface area contributed by atoms with Crippen LogP contribution in [0.5, 0.6) is 11.5 Å². The van der Waals surface area contributed by atoms with Gasteiger partial charge in [0.1, 0.15) is 0 Å². The fourth-order valence-corrected chi connectivity index (χ4v) is 0.812. The molecule has 0 amide bonds. The Morgan fingerprint density at radius 2 is 1.86 bits per heavy atom. The second kappa shape index (κ2) is 5.31. The number of carboxylic acid groups (broad SMARTS) is 1. The number of carboxylic acids is 1. The maximum Gasteiger partial charge on any atom is 0.328 e. The van der Waals surface area contributed by atoms with Gasteiger partial charge in [0.25, 0.3) is 0 Å². The average molecular weight is 239 g/mol. The third kappa shape index (κ3) is 3.50. The fourth-order valence-electron chi connectivity index (χ4n) is 0.812. The Labute approximate surface area is 90.7 Å². The van der Waals surface area contributed by atoms with E-state index in [0.29, 0.717) is 5.56 Å². The summed E-state index contributed by atoms with van der Waals surface area (Å²) in [5.74, 6) is -1.56. The molecule has 0 heterocycles. The standard InChI is InChI=1S/C9H8O4.Co/c10-7-3-1-6(5-8(7)11)2-4-9(12)13;/h1-5,10-11H,(H,12,13);. The number of carbonyl (C=O) groups is 1. The number of phenols is 2. The van der Waals surface area contributed by atoms with Crippen molar-refractivity contribution < 1.29 is 36.9 Å². The van der Waals surface area contributed by atoms with Gasteiger partial charge in [-0.15, -0.1) is 0 Å². The molecule has 0 aliphatic rings. The quantitative estimate of drug-likeness (QED) is 0.535. The minimum atomic E-state index is -1.06. The van der Waals surface area contributed by atoms with E-state index in [0.717, 1.165) is 6.08 Å². The summed E-state index contributed by atoms with van der Waals surface area (Å²) in [5.41, 5.74) is 0.512. The third-order valence-corrected chi connectivity index (χ3v) is 1.42. The van der Waals surface area contributed by atoms with Crippen LogP contribution in [0.4, 0.5) is 0 Å². The van der Waals surface area contributed by atoms with E-state index in [1.807, 2.05) is 0 Å². The summed E-state index contributed by atoms with van der Waals surface area (Å²) in [5, 5.41) is 26.3. The Hall–Kier alpha value is -1.46. The SMILES string of the molecule is O=C(O)C=Cc1ccc(O)c(O)c1.[Co]. The summed E-state index contributed by atoms with van der Waals surface area (Å²) in [6.07, 6.45) is 2.27. The molecular formula is C9H8CoO4. The van der Waals surface area contributed by atoms with Crippen molar-refractivity contribution in [2.24, 2.45) is 0 Å². The molecule has 0 aliphatic heterocycles. The zero-order valence-corrected chi connectivity index (χ0v) is 8.01.